The Morgan fingerprint density at radius 2 is 1.86 bits per heavy atom. The number of nitrogens with one attached hydrogen (secondary N) is 1. The van der Waals surface area contributed by atoms with Crippen LogP contribution in [0.15, 0.2) is 42.5 Å². The molecule has 7 nitrogen and oxygen atoms in total. The Kier molecular flexibility index (Phi) is 4.79. The number of anilines is 2. The van der Waals surface area contributed by atoms with Crippen molar-refractivity contribution in [2.24, 2.45) is 0 Å². The minimum absolute atomic E-state index is 0.221. The van der Waals surface area contributed by atoms with Gasteiger partial charge in [0.25, 0.3) is 5.91 Å². The highest BCUT2D eigenvalue weighted by molar-refractivity contribution is 7.22. The van der Waals surface area contributed by atoms with Gasteiger partial charge in [-0.25, -0.2) is 4.98 Å². The summed E-state index contributed by atoms with van der Waals surface area (Å²) in [4.78, 5) is 41.8. The highest BCUT2D eigenvalue weighted by Crippen LogP contribution is 2.32. The van der Waals surface area contributed by atoms with E-state index in [0.717, 1.165) is 9.60 Å². The number of benzene rings is 2. The van der Waals surface area contributed by atoms with Gasteiger partial charge < -0.3 is 4.74 Å². The number of imide groups is 1. The van der Waals surface area contributed by atoms with Gasteiger partial charge in [0, 0.05) is 18.4 Å². The van der Waals surface area contributed by atoms with Crippen molar-refractivity contribution in [2.75, 3.05) is 16.8 Å². The lowest BCUT2D eigenvalue weighted by Crippen LogP contribution is -2.28. The largest absolute Gasteiger partial charge is 0.492 e. The van der Waals surface area contributed by atoms with Crippen LogP contribution in [0.25, 0.3) is 10.2 Å². The van der Waals surface area contributed by atoms with Gasteiger partial charge in [0.2, 0.25) is 11.8 Å². The number of thiazole rings is 1. The summed E-state index contributed by atoms with van der Waals surface area (Å²) >= 11 is 1.36. The van der Waals surface area contributed by atoms with Gasteiger partial charge in [0.1, 0.15) is 11.3 Å². The fourth-order valence-electron chi connectivity index (χ4n) is 3.04. The molecule has 0 spiro atoms. The van der Waals surface area contributed by atoms with Crippen LogP contribution < -0.4 is 15.0 Å². The Balaban J connectivity index is 1.52. The zero-order valence-corrected chi connectivity index (χ0v) is 15.9. The lowest BCUT2D eigenvalue weighted by atomic mass is 10.2. The molecule has 8 heteroatoms. The van der Waals surface area contributed by atoms with Gasteiger partial charge in [-0.15, -0.1) is 0 Å². The number of rotatable bonds is 5. The summed E-state index contributed by atoms with van der Waals surface area (Å²) in [5.74, 6) is -0.0766. The molecule has 0 unspecified atom stereocenters. The molecule has 0 saturated carbocycles. The molecule has 28 heavy (non-hydrogen) atoms. The van der Waals surface area contributed by atoms with Gasteiger partial charge in [-0.3, -0.25) is 24.6 Å². The molecule has 0 bridgehead atoms. The number of hydrogen-bond donors (Lipinski definition) is 1. The van der Waals surface area contributed by atoms with Crippen LogP contribution in [0.3, 0.4) is 0 Å². The van der Waals surface area contributed by atoms with Crippen molar-refractivity contribution in [3.63, 3.8) is 0 Å². The average molecular weight is 395 g/mol. The lowest BCUT2D eigenvalue weighted by Gasteiger charge is -2.13. The second-order valence-electron chi connectivity index (χ2n) is 6.18. The van der Waals surface area contributed by atoms with Crippen LogP contribution in [0.5, 0.6) is 5.75 Å². The number of ether oxygens (including phenoxy) is 1. The number of amides is 3. The molecule has 0 aliphatic carbocycles. The molecular formula is C20H17N3O4S. The summed E-state index contributed by atoms with van der Waals surface area (Å²) in [6.07, 6.45) is 0.449. The van der Waals surface area contributed by atoms with Crippen LogP contribution in [-0.2, 0) is 9.59 Å². The Morgan fingerprint density at radius 3 is 2.54 bits per heavy atom. The normalized spacial score (nSPS) is 14.0. The van der Waals surface area contributed by atoms with E-state index in [2.05, 4.69) is 10.3 Å². The van der Waals surface area contributed by atoms with Crippen molar-refractivity contribution in [1.82, 2.24) is 4.98 Å². The average Bonchev–Trinajstić information content (AvgIpc) is 3.25. The molecule has 4 rings (SSSR count). The molecule has 0 radical (unpaired) electrons. The second kappa shape index (κ2) is 7.40. The summed E-state index contributed by atoms with van der Waals surface area (Å²) in [6.45, 7) is 2.44. The minimum atomic E-state index is -0.317. The Bertz CT molecular complexity index is 1060. The highest BCUT2D eigenvalue weighted by atomic mass is 32.1. The summed E-state index contributed by atoms with van der Waals surface area (Å²) in [7, 11) is 0. The predicted octanol–water partition coefficient (Wildman–Crippen LogP) is 3.60. The maximum atomic E-state index is 12.5. The second-order valence-corrected chi connectivity index (χ2v) is 7.21. The van der Waals surface area contributed by atoms with Crippen LogP contribution in [0.2, 0.25) is 0 Å². The molecule has 1 saturated heterocycles. The molecule has 2 aromatic carbocycles. The molecule has 1 fully saturated rings. The maximum absolute atomic E-state index is 12.5. The van der Waals surface area contributed by atoms with E-state index < -0.39 is 0 Å². The number of para-hydroxylation sites is 1. The topological polar surface area (TPSA) is 88.6 Å². The summed E-state index contributed by atoms with van der Waals surface area (Å²) in [5.41, 5.74) is 1.60. The number of aromatic nitrogens is 1. The van der Waals surface area contributed by atoms with Crippen LogP contribution >= 0.6 is 11.3 Å². The van der Waals surface area contributed by atoms with Gasteiger partial charge >= 0.3 is 0 Å². The van der Waals surface area contributed by atoms with Crippen LogP contribution in [0.4, 0.5) is 10.8 Å². The first-order valence-electron chi connectivity index (χ1n) is 8.86. The molecule has 3 amide bonds. The SMILES string of the molecule is CCOc1cccc2sc(NC(=O)c3ccc(N4C(=O)CCC4=O)cc3)nc12. The first-order valence-corrected chi connectivity index (χ1v) is 9.68. The van der Waals surface area contributed by atoms with Crippen molar-refractivity contribution in [3.8, 4) is 5.75 Å². The molecule has 1 aromatic heterocycles. The van der Waals surface area contributed by atoms with Crippen molar-refractivity contribution in [2.45, 2.75) is 19.8 Å². The Hall–Kier alpha value is -3.26. The summed E-state index contributed by atoms with van der Waals surface area (Å²) in [5, 5.41) is 3.26. The number of nitrogens with zero attached hydrogens (tertiary/aromatic N) is 2. The molecule has 1 N–H and O–H groups in total. The highest BCUT2D eigenvalue weighted by Gasteiger charge is 2.30. The van der Waals surface area contributed by atoms with E-state index in [0.29, 0.717) is 34.3 Å². The monoisotopic (exact) mass is 395 g/mol. The predicted molar refractivity (Wildman–Crippen MR) is 107 cm³/mol. The maximum Gasteiger partial charge on any atom is 0.257 e. The van der Waals surface area contributed by atoms with E-state index in [9.17, 15) is 14.4 Å². The smallest absolute Gasteiger partial charge is 0.257 e. The first-order chi connectivity index (χ1) is 13.6. The van der Waals surface area contributed by atoms with E-state index >= 15 is 0 Å². The van der Waals surface area contributed by atoms with Gasteiger partial charge in [-0.1, -0.05) is 17.4 Å². The molecule has 1 aliphatic rings. The van der Waals surface area contributed by atoms with E-state index in [4.69, 9.17) is 4.74 Å². The Labute approximate surface area is 164 Å². The fraction of sp³-hybridized carbons (Fsp3) is 0.200. The van der Waals surface area contributed by atoms with Crippen molar-refractivity contribution in [1.29, 1.82) is 0 Å². The molecule has 3 aromatic rings. The molecule has 142 valence electrons. The van der Waals surface area contributed by atoms with Crippen molar-refractivity contribution < 1.29 is 19.1 Å². The Morgan fingerprint density at radius 1 is 1.14 bits per heavy atom. The zero-order valence-electron chi connectivity index (χ0n) is 15.1. The molecule has 1 aliphatic heterocycles. The molecule has 2 heterocycles. The number of fused-ring (bicyclic) bond motifs is 1. The fourth-order valence-corrected chi connectivity index (χ4v) is 3.92. The number of hydrogen-bond acceptors (Lipinski definition) is 6. The van der Waals surface area contributed by atoms with E-state index in [-0.39, 0.29) is 30.6 Å². The third kappa shape index (κ3) is 3.34. The van der Waals surface area contributed by atoms with Crippen LogP contribution in [0, 0.1) is 0 Å². The van der Waals surface area contributed by atoms with Crippen molar-refractivity contribution >= 4 is 50.1 Å². The molecule has 0 atom stereocenters. The molecular weight excluding hydrogens is 378 g/mol. The quantitative estimate of drug-likeness (QED) is 0.667. The summed E-state index contributed by atoms with van der Waals surface area (Å²) < 4.78 is 6.49. The van der Waals surface area contributed by atoms with Crippen molar-refractivity contribution in [3.05, 3.63) is 48.0 Å². The van der Waals surface area contributed by atoms with Gasteiger partial charge in [0.15, 0.2) is 5.13 Å². The van der Waals surface area contributed by atoms with E-state index in [1.165, 1.54) is 11.3 Å². The minimum Gasteiger partial charge on any atom is -0.492 e. The van der Waals surface area contributed by atoms with Gasteiger partial charge in [0.05, 0.1) is 17.0 Å². The lowest BCUT2D eigenvalue weighted by molar-refractivity contribution is -0.121. The first kappa shape index (κ1) is 18.1. The van der Waals surface area contributed by atoms with E-state index in [1.807, 2.05) is 25.1 Å². The third-order valence-corrected chi connectivity index (χ3v) is 5.28. The third-order valence-electron chi connectivity index (χ3n) is 4.34. The van der Waals surface area contributed by atoms with E-state index in [1.54, 1.807) is 24.3 Å². The van der Waals surface area contributed by atoms with Crippen LogP contribution in [-0.4, -0.2) is 29.3 Å². The summed E-state index contributed by atoms with van der Waals surface area (Å²) in [6, 6.07) is 12.0. The van der Waals surface area contributed by atoms with Crippen LogP contribution in [0.1, 0.15) is 30.1 Å². The van der Waals surface area contributed by atoms with Gasteiger partial charge in [-0.05, 0) is 43.3 Å². The zero-order chi connectivity index (χ0) is 19.7. The number of carbonyl (C=O) groups is 3. The standard InChI is InChI=1S/C20H17N3O4S/c1-2-27-14-4-3-5-15-18(14)21-20(28-15)22-19(26)12-6-8-13(9-7-12)23-16(24)10-11-17(23)25/h3-9H,2,10-11H2,1H3,(H,21,22,26). The number of carbonyl (C=O) groups excluding carboxylic acids is 3. The van der Waals surface area contributed by atoms with Gasteiger partial charge in [-0.2, -0.15) is 0 Å².